The third kappa shape index (κ3) is 4.32. The molecule has 0 amide bonds. The van der Waals surface area contributed by atoms with Gasteiger partial charge in [0.25, 0.3) is 10.1 Å². The summed E-state index contributed by atoms with van der Waals surface area (Å²) >= 11 is 0. The van der Waals surface area contributed by atoms with Crippen LogP contribution in [0.2, 0.25) is 0 Å². The smallest absolute Gasteiger partial charge is 0.264 e. The van der Waals surface area contributed by atoms with Gasteiger partial charge in [-0.2, -0.15) is 8.42 Å². The maximum absolute atomic E-state index is 13.9. The average Bonchev–Trinajstić information content (AvgIpc) is 2.48. The van der Waals surface area contributed by atoms with Crippen LogP contribution in [0, 0.1) is 27.6 Å². The van der Waals surface area contributed by atoms with Crippen molar-refractivity contribution in [1.29, 1.82) is 0 Å². The molecule has 1 aromatic rings. The van der Waals surface area contributed by atoms with Crippen molar-refractivity contribution in [3.8, 4) is 0 Å². The maximum Gasteiger partial charge on any atom is 0.264 e. The second-order valence-electron chi connectivity index (χ2n) is 5.52. The lowest BCUT2D eigenvalue weighted by Gasteiger charge is -2.26. The van der Waals surface area contributed by atoms with Crippen LogP contribution in [0.5, 0.6) is 0 Å². The molecule has 0 spiro atoms. The van der Waals surface area contributed by atoms with Gasteiger partial charge < -0.3 is 0 Å². The van der Waals surface area contributed by atoms with Gasteiger partial charge in [-0.05, 0) is 18.1 Å². The summed E-state index contributed by atoms with van der Waals surface area (Å²) in [7, 11) is -3.71. The summed E-state index contributed by atoms with van der Waals surface area (Å²) in [4.78, 5) is 10.6. The number of nitro groups is 1. The predicted molar refractivity (Wildman–Crippen MR) is 78.0 cm³/mol. The van der Waals surface area contributed by atoms with E-state index in [0.717, 1.165) is 6.26 Å². The van der Waals surface area contributed by atoms with Crippen LogP contribution in [0.3, 0.4) is 0 Å². The number of nitrogens with zero attached hydrogens (tertiary/aromatic N) is 1. The third-order valence-corrected chi connectivity index (χ3v) is 4.31. The summed E-state index contributed by atoms with van der Waals surface area (Å²) in [6.07, 6.45) is 2.15. The Balaban J connectivity index is 2.29. The van der Waals surface area contributed by atoms with E-state index >= 15 is 0 Å². The zero-order valence-electron chi connectivity index (χ0n) is 12.5. The van der Waals surface area contributed by atoms with Crippen molar-refractivity contribution in [1.82, 2.24) is 0 Å². The molecule has 2 atom stereocenters. The van der Waals surface area contributed by atoms with Crippen LogP contribution in [0.1, 0.15) is 24.3 Å². The molecular weight excluding hydrogens is 351 g/mol. The van der Waals surface area contributed by atoms with E-state index in [9.17, 15) is 31.7 Å². The Hall–Kier alpha value is -1.94. The van der Waals surface area contributed by atoms with Crippen molar-refractivity contribution in [2.75, 3.05) is 12.9 Å². The normalized spacial score (nSPS) is 21.4. The molecule has 24 heavy (non-hydrogen) atoms. The zero-order valence-corrected chi connectivity index (χ0v) is 13.4. The van der Waals surface area contributed by atoms with Crippen molar-refractivity contribution < 1.29 is 30.7 Å². The molecule has 132 valence electrons. The molecule has 10 heteroatoms. The molecule has 0 radical (unpaired) electrons. The van der Waals surface area contributed by atoms with Crippen LogP contribution in [-0.4, -0.2) is 32.2 Å². The van der Waals surface area contributed by atoms with Gasteiger partial charge in [-0.1, -0.05) is 6.08 Å². The molecular formula is C14H14F3NO5S. The molecule has 0 N–H and O–H groups in total. The first-order chi connectivity index (χ1) is 11.1. The van der Waals surface area contributed by atoms with E-state index in [4.69, 9.17) is 0 Å². The fraction of sp³-hybridized carbons (Fsp3) is 0.429. The van der Waals surface area contributed by atoms with Gasteiger partial charge in [0, 0.05) is 23.0 Å². The lowest BCUT2D eigenvalue weighted by molar-refractivity contribution is -0.527. The largest absolute Gasteiger partial charge is 0.266 e. The summed E-state index contributed by atoms with van der Waals surface area (Å²) in [5.41, 5.74) is 0.0938. The van der Waals surface area contributed by atoms with E-state index in [1.165, 1.54) is 6.08 Å². The van der Waals surface area contributed by atoms with Crippen LogP contribution >= 0.6 is 0 Å². The number of rotatable bonds is 5. The van der Waals surface area contributed by atoms with Crippen LogP contribution in [0.15, 0.2) is 23.8 Å². The van der Waals surface area contributed by atoms with Gasteiger partial charge in [0.15, 0.2) is 11.6 Å². The number of halogens is 3. The Labute approximate surface area is 136 Å². The minimum absolute atomic E-state index is 0.0178. The number of hydrogen-bond acceptors (Lipinski definition) is 5. The molecule has 1 aliphatic rings. The highest BCUT2D eigenvalue weighted by Crippen LogP contribution is 2.36. The Kier molecular flexibility index (Phi) is 5.29. The summed E-state index contributed by atoms with van der Waals surface area (Å²) < 4.78 is 66.8. The van der Waals surface area contributed by atoms with Gasteiger partial charge in [-0.3, -0.25) is 14.3 Å². The highest BCUT2D eigenvalue weighted by Gasteiger charge is 2.38. The minimum atomic E-state index is -3.71. The highest BCUT2D eigenvalue weighted by molar-refractivity contribution is 7.85. The molecule has 0 fully saturated rings. The molecule has 0 bridgehead atoms. The van der Waals surface area contributed by atoms with Gasteiger partial charge in [0.2, 0.25) is 6.04 Å². The van der Waals surface area contributed by atoms with Gasteiger partial charge in [-0.15, -0.1) is 0 Å². The molecule has 2 rings (SSSR count). The molecule has 0 heterocycles. The topological polar surface area (TPSA) is 86.5 Å². The molecule has 0 aliphatic heterocycles. The summed E-state index contributed by atoms with van der Waals surface area (Å²) in [6.45, 7) is -0.337. The van der Waals surface area contributed by atoms with Gasteiger partial charge >= 0.3 is 0 Å². The van der Waals surface area contributed by atoms with Gasteiger partial charge in [0.05, 0.1) is 18.8 Å². The summed E-state index contributed by atoms with van der Waals surface area (Å²) in [5.74, 6) is -4.71. The van der Waals surface area contributed by atoms with Crippen molar-refractivity contribution in [2.24, 2.45) is 0 Å². The quantitative estimate of drug-likeness (QED) is 0.263. The van der Waals surface area contributed by atoms with E-state index in [1.54, 1.807) is 0 Å². The fourth-order valence-corrected chi connectivity index (χ4v) is 2.99. The Morgan fingerprint density at radius 3 is 2.46 bits per heavy atom. The van der Waals surface area contributed by atoms with Gasteiger partial charge in [0.1, 0.15) is 5.82 Å². The molecule has 0 saturated carbocycles. The number of benzene rings is 1. The standard InChI is InChI=1S/C14H14F3NO5S/c1-24(21,22)23-7-8-2-3-9(14(4-8)18(19)20)10-5-12(16)13(17)6-11(10)15/h2,5-6,9,14H,3-4,7H2,1H3. The van der Waals surface area contributed by atoms with E-state index in [-0.39, 0.29) is 25.0 Å². The summed E-state index contributed by atoms with van der Waals surface area (Å²) in [5, 5.41) is 11.3. The van der Waals surface area contributed by atoms with Crippen LogP contribution in [0.25, 0.3) is 0 Å². The Morgan fingerprint density at radius 2 is 1.88 bits per heavy atom. The third-order valence-electron chi connectivity index (χ3n) is 3.76. The fourth-order valence-electron chi connectivity index (χ4n) is 2.62. The Bertz CT molecular complexity index is 794. The van der Waals surface area contributed by atoms with Crippen LogP contribution < -0.4 is 0 Å². The van der Waals surface area contributed by atoms with Crippen molar-refractivity contribution in [3.05, 3.63) is 56.9 Å². The lowest BCUT2D eigenvalue weighted by atomic mass is 9.80. The van der Waals surface area contributed by atoms with Gasteiger partial charge in [-0.25, -0.2) is 13.2 Å². The molecule has 0 saturated heterocycles. The zero-order chi connectivity index (χ0) is 18.1. The Morgan fingerprint density at radius 1 is 1.25 bits per heavy atom. The van der Waals surface area contributed by atoms with Crippen molar-refractivity contribution >= 4 is 10.1 Å². The van der Waals surface area contributed by atoms with Crippen LogP contribution in [0.4, 0.5) is 13.2 Å². The number of hydrogen-bond donors (Lipinski definition) is 0. The van der Waals surface area contributed by atoms with E-state index < -0.39 is 44.5 Å². The summed E-state index contributed by atoms with van der Waals surface area (Å²) in [6, 6.07) is -0.321. The monoisotopic (exact) mass is 365 g/mol. The average molecular weight is 365 g/mol. The second kappa shape index (κ2) is 6.89. The minimum Gasteiger partial charge on any atom is -0.266 e. The number of allylic oxidation sites excluding steroid dienone is 1. The first kappa shape index (κ1) is 18.4. The predicted octanol–water partition coefficient (Wildman–Crippen LogP) is 2.53. The highest BCUT2D eigenvalue weighted by atomic mass is 32.2. The lowest BCUT2D eigenvalue weighted by Crippen LogP contribution is -2.32. The van der Waals surface area contributed by atoms with E-state index in [1.807, 2.05) is 0 Å². The molecule has 6 nitrogen and oxygen atoms in total. The van der Waals surface area contributed by atoms with E-state index in [0.29, 0.717) is 17.7 Å². The van der Waals surface area contributed by atoms with E-state index in [2.05, 4.69) is 4.18 Å². The van der Waals surface area contributed by atoms with Crippen molar-refractivity contribution in [2.45, 2.75) is 24.8 Å². The SMILES string of the molecule is CS(=O)(=O)OCC1=CCC(c2cc(F)c(F)cc2F)C([N+](=O)[O-])C1. The second-order valence-corrected chi connectivity index (χ2v) is 7.16. The van der Waals surface area contributed by atoms with Crippen molar-refractivity contribution in [3.63, 3.8) is 0 Å². The molecule has 2 unspecified atom stereocenters. The molecule has 1 aliphatic carbocycles. The maximum atomic E-state index is 13.9. The first-order valence-corrected chi connectivity index (χ1v) is 8.70. The first-order valence-electron chi connectivity index (χ1n) is 6.88. The molecule has 0 aromatic heterocycles. The molecule has 1 aromatic carbocycles. The van der Waals surface area contributed by atoms with Crippen LogP contribution in [-0.2, 0) is 14.3 Å².